The van der Waals surface area contributed by atoms with Crippen LogP contribution in [0.15, 0.2) is 48.5 Å². The van der Waals surface area contributed by atoms with Gasteiger partial charge in [0, 0.05) is 31.4 Å². The first kappa shape index (κ1) is 27.9. The maximum atomic E-state index is 13.6. The summed E-state index contributed by atoms with van der Waals surface area (Å²) in [5, 5.41) is 25.7. The molecule has 0 saturated heterocycles. The molecule has 36 heavy (non-hydrogen) atoms. The molecule has 0 radical (unpaired) electrons. The number of non-ortho nitro benzene ring substituents is 1. The molecule has 0 unspecified atom stereocenters. The normalized spacial score (nSPS) is 13.1. The van der Waals surface area contributed by atoms with E-state index in [1.165, 1.54) is 37.3 Å². The molecule has 0 saturated carbocycles. The van der Waals surface area contributed by atoms with Crippen molar-refractivity contribution in [1.82, 2.24) is 10.6 Å². The summed E-state index contributed by atoms with van der Waals surface area (Å²) in [7, 11) is 0. The SMILES string of the molecule is CCOC(=O)C[C@@H](c1ccc([N+](=O)[O-])cc1)[C@@H](NC(=O)[C@H](Cc1cccc(F)c1)NC(C)=O)C(=O)O. The second-order valence-electron chi connectivity index (χ2n) is 7.88. The summed E-state index contributed by atoms with van der Waals surface area (Å²) in [4.78, 5) is 59.6. The summed E-state index contributed by atoms with van der Waals surface area (Å²) in [6.45, 7) is 2.77. The molecule has 3 atom stereocenters. The van der Waals surface area contributed by atoms with Crippen LogP contribution in [-0.2, 0) is 30.3 Å². The number of rotatable bonds is 12. The minimum absolute atomic E-state index is 0.0359. The molecule has 0 aliphatic heterocycles. The fourth-order valence-corrected chi connectivity index (χ4v) is 3.61. The number of carbonyl (C=O) groups is 4. The molecule has 3 N–H and O–H groups in total. The van der Waals surface area contributed by atoms with Crippen molar-refractivity contribution in [1.29, 1.82) is 0 Å². The number of benzene rings is 2. The number of nitrogens with zero attached hydrogens (tertiary/aromatic N) is 1. The molecule has 0 spiro atoms. The van der Waals surface area contributed by atoms with Gasteiger partial charge in [0.1, 0.15) is 17.9 Å². The molecule has 2 aromatic carbocycles. The fraction of sp³-hybridized carbons (Fsp3) is 0.333. The van der Waals surface area contributed by atoms with Crippen LogP contribution >= 0.6 is 0 Å². The van der Waals surface area contributed by atoms with Crippen LogP contribution < -0.4 is 10.6 Å². The van der Waals surface area contributed by atoms with Gasteiger partial charge in [-0.15, -0.1) is 0 Å². The number of amides is 2. The van der Waals surface area contributed by atoms with Crippen molar-refractivity contribution < 1.29 is 38.3 Å². The van der Waals surface area contributed by atoms with Crippen LogP contribution in [0.5, 0.6) is 0 Å². The summed E-state index contributed by atoms with van der Waals surface area (Å²) < 4.78 is 18.5. The number of nitro benzene ring substituents is 1. The molecular weight excluding hydrogens is 477 g/mol. The highest BCUT2D eigenvalue weighted by atomic mass is 19.1. The zero-order valence-corrected chi connectivity index (χ0v) is 19.6. The van der Waals surface area contributed by atoms with Gasteiger partial charge in [0.2, 0.25) is 11.8 Å². The van der Waals surface area contributed by atoms with Crippen molar-refractivity contribution in [3.8, 4) is 0 Å². The van der Waals surface area contributed by atoms with E-state index < -0.39 is 58.9 Å². The number of hydrogen-bond donors (Lipinski definition) is 3. The highest BCUT2D eigenvalue weighted by Crippen LogP contribution is 2.27. The zero-order valence-electron chi connectivity index (χ0n) is 19.6. The van der Waals surface area contributed by atoms with Crippen molar-refractivity contribution >= 4 is 29.4 Å². The maximum Gasteiger partial charge on any atom is 0.326 e. The third-order valence-electron chi connectivity index (χ3n) is 5.21. The lowest BCUT2D eigenvalue weighted by atomic mass is 9.88. The fourth-order valence-electron chi connectivity index (χ4n) is 3.61. The number of nitrogens with one attached hydrogen (secondary N) is 2. The van der Waals surface area contributed by atoms with Gasteiger partial charge in [-0.3, -0.25) is 24.5 Å². The van der Waals surface area contributed by atoms with Crippen LogP contribution in [-0.4, -0.2) is 52.5 Å². The van der Waals surface area contributed by atoms with Crippen molar-refractivity contribution in [3.63, 3.8) is 0 Å². The molecule has 0 aliphatic rings. The second-order valence-corrected chi connectivity index (χ2v) is 7.88. The largest absolute Gasteiger partial charge is 0.480 e. The van der Waals surface area contributed by atoms with Crippen molar-refractivity contribution in [2.45, 2.75) is 44.7 Å². The number of carboxylic acids is 1. The monoisotopic (exact) mass is 503 g/mol. The average molecular weight is 503 g/mol. The van der Waals surface area contributed by atoms with Crippen LogP contribution in [0.4, 0.5) is 10.1 Å². The topological polar surface area (TPSA) is 165 Å². The number of aliphatic carboxylic acids is 1. The number of nitro groups is 1. The van der Waals surface area contributed by atoms with E-state index in [4.69, 9.17) is 4.74 Å². The molecule has 0 fully saturated rings. The Kier molecular flexibility index (Phi) is 10.0. The third kappa shape index (κ3) is 8.15. The van der Waals surface area contributed by atoms with Crippen LogP contribution in [0, 0.1) is 15.9 Å². The van der Waals surface area contributed by atoms with Gasteiger partial charge in [-0.2, -0.15) is 0 Å². The predicted molar refractivity (Wildman–Crippen MR) is 124 cm³/mol. The molecule has 11 nitrogen and oxygen atoms in total. The quantitative estimate of drug-likeness (QED) is 0.225. The van der Waals surface area contributed by atoms with Crippen LogP contribution in [0.2, 0.25) is 0 Å². The van der Waals surface area contributed by atoms with E-state index >= 15 is 0 Å². The second kappa shape index (κ2) is 12.9. The maximum absolute atomic E-state index is 13.6. The molecular formula is C24H26FN3O8. The molecule has 2 amide bonds. The first-order chi connectivity index (χ1) is 17.0. The van der Waals surface area contributed by atoms with E-state index in [1.807, 2.05) is 0 Å². The Morgan fingerprint density at radius 3 is 2.31 bits per heavy atom. The number of ether oxygens (including phenoxy) is 1. The van der Waals surface area contributed by atoms with Crippen LogP contribution in [0.1, 0.15) is 37.3 Å². The Hall–Kier alpha value is -4.35. The smallest absolute Gasteiger partial charge is 0.326 e. The van der Waals surface area contributed by atoms with E-state index in [9.17, 15) is 38.8 Å². The summed E-state index contributed by atoms with van der Waals surface area (Å²) in [6.07, 6.45) is -0.576. The summed E-state index contributed by atoms with van der Waals surface area (Å²) in [5.74, 6) is -5.37. The minimum Gasteiger partial charge on any atom is -0.480 e. The van der Waals surface area contributed by atoms with E-state index in [0.29, 0.717) is 5.56 Å². The average Bonchev–Trinajstić information content (AvgIpc) is 2.80. The molecule has 192 valence electrons. The first-order valence-corrected chi connectivity index (χ1v) is 11.0. The van der Waals surface area contributed by atoms with E-state index in [-0.39, 0.29) is 24.3 Å². The third-order valence-corrected chi connectivity index (χ3v) is 5.21. The minimum atomic E-state index is -1.66. The highest BCUT2D eigenvalue weighted by Gasteiger charge is 2.35. The molecule has 0 bridgehead atoms. The number of carbonyl (C=O) groups excluding carboxylic acids is 3. The molecule has 2 aromatic rings. The molecule has 12 heteroatoms. The highest BCUT2D eigenvalue weighted by molar-refractivity contribution is 5.91. The first-order valence-electron chi connectivity index (χ1n) is 11.0. The van der Waals surface area contributed by atoms with Crippen molar-refractivity contribution in [2.24, 2.45) is 0 Å². The van der Waals surface area contributed by atoms with Gasteiger partial charge in [-0.25, -0.2) is 9.18 Å². The van der Waals surface area contributed by atoms with E-state index in [0.717, 1.165) is 12.1 Å². The lowest BCUT2D eigenvalue weighted by Crippen LogP contribution is -2.54. The Morgan fingerprint density at radius 2 is 1.78 bits per heavy atom. The lowest BCUT2D eigenvalue weighted by Gasteiger charge is -2.27. The predicted octanol–water partition coefficient (Wildman–Crippen LogP) is 2.09. The molecule has 2 rings (SSSR count). The Morgan fingerprint density at radius 1 is 1.11 bits per heavy atom. The van der Waals surface area contributed by atoms with Crippen molar-refractivity contribution in [3.05, 3.63) is 75.6 Å². The van der Waals surface area contributed by atoms with Gasteiger partial charge in [-0.1, -0.05) is 24.3 Å². The lowest BCUT2D eigenvalue weighted by molar-refractivity contribution is -0.384. The van der Waals surface area contributed by atoms with Gasteiger partial charge in [-0.05, 0) is 30.2 Å². The van der Waals surface area contributed by atoms with Crippen molar-refractivity contribution in [2.75, 3.05) is 6.61 Å². The summed E-state index contributed by atoms with van der Waals surface area (Å²) >= 11 is 0. The van der Waals surface area contributed by atoms with Gasteiger partial charge >= 0.3 is 11.9 Å². The van der Waals surface area contributed by atoms with Crippen LogP contribution in [0.25, 0.3) is 0 Å². The Bertz CT molecular complexity index is 1120. The summed E-state index contributed by atoms with van der Waals surface area (Å²) in [5.41, 5.74) is 0.377. The number of carboxylic acid groups (broad SMARTS) is 1. The van der Waals surface area contributed by atoms with Gasteiger partial charge in [0.15, 0.2) is 0 Å². The number of esters is 1. The molecule has 0 aromatic heterocycles. The van der Waals surface area contributed by atoms with E-state index in [1.54, 1.807) is 13.0 Å². The van der Waals surface area contributed by atoms with Crippen LogP contribution in [0.3, 0.4) is 0 Å². The molecule has 0 aliphatic carbocycles. The number of hydrogen-bond acceptors (Lipinski definition) is 7. The van der Waals surface area contributed by atoms with Gasteiger partial charge in [0.05, 0.1) is 18.0 Å². The zero-order chi connectivity index (χ0) is 26.8. The standard InChI is InChI=1S/C24H26FN3O8/c1-3-36-21(30)13-19(16-7-9-18(10-8-16)28(34)35)22(24(32)33)27-23(31)20(26-14(2)29)12-15-5-4-6-17(25)11-15/h4-11,19-20,22H,3,12-13H2,1-2H3,(H,26,29)(H,27,31)(H,32,33)/t19-,20-,22+/m0/s1. The molecule has 0 heterocycles. The number of halogens is 1. The van der Waals surface area contributed by atoms with E-state index in [2.05, 4.69) is 10.6 Å². The Labute approximate surface area is 205 Å². The Balaban J connectivity index is 2.38. The summed E-state index contributed by atoms with van der Waals surface area (Å²) in [6, 6.07) is 7.34. The van der Waals surface area contributed by atoms with Gasteiger partial charge < -0.3 is 20.5 Å². The van der Waals surface area contributed by atoms with Gasteiger partial charge in [0.25, 0.3) is 5.69 Å².